The summed E-state index contributed by atoms with van der Waals surface area (Å²) >= 11 is 0. The molecule has 7 heteroatoms. The molecule has 1 aliphatic rings. The molecule has 3 N–H and O–H groups in total. The van der Waals surface area contributed by atoms with E-state index < -0.39 is 17.4 Å². The zero-order valence-electron chi connectivity index (χ0n) is 13.1. The lowest BCUT2D eigenvalue weighted by Gasteiger charge is -2.29. The molecule has 1 heterocycles. The van der Waals surface area contributed by atoms with E-state index in [1.54, 1.807) is 0 Å². The number of rotatable bonds is 4. The van der Waals surface area contributed by atoms with Gasteiger partial charge in [0.1, 0.15) is 11.2 Å². The van der Waals surface area contributed by atoms with Crippen LogP contribution in [0.25, 0.3) is 0 Å². The number of nitrogens with one attached hydrogen (secondary N) is 2. The van der Waals surface area contributed by atoms with Gasteiger partial charge < -0.3 is 15.7 Å². The Labute approximate surface area is 134 Å². The Morgan fingerprint density at radius 1 is 1.09 bits per heavy atom. The van der Waals surface area contributed by atoms with E-state index in [9.17, 15) is 19.5 Å². The van der Waals surface area contributed by atoms with E-state index in [4.69, 9.17) is 0 Å². The quantitative estimate of drug-likeness (QED) is 0.726. The van der Waals surface area contributed by atoms with Crippen molar-refractivity contribution >= 4 is 17.8 Å². The second-order valence-corrected chi connectivity index (χ2v) is 5.77. The van der Waals surface area contributed by atoms with Crippen LogP contribution in [0.3, 0.4) is 0 Å². The highest BCUT2D eigenvalue weighted by Crippen LogP contribution is 2.27. The lowest BCUT2D eigenvalue weighted by molar-refractivity contribution is -0.145. The highest BCUT2D eigenvalue weighted by Gasteiger charge is 2.40. The second kappa shape index (κ2) is 7.21. The van der Waals surface area contributed by atoms with Gasteiger partial charge in [-0.05, 0) is 25.0 Å². The Bertz CT molecular complexity index is 590. The van der Waals surface area contributed by atoms with Crippen LogP contribution in [-0.2, 0) is 4.79 Å². The number of carbonyl (C=O) groups excluding carboxylic acids is 2. The lowest BCUT2D eigenvalue weighted by Crippen LogP contribution is -2.54. The summed E-state index contributed by atoms with van der Waals surface area (Å²) in [7, 11) is 1.49. The second-order valence-electron chi connectivity index (χ2n) is 5.77. The third-order valence-electron chi connectivity index (χ3n) is 4.20. The minimum atomic E-state index is -1.22. The molecule has 1 aromatic heterocycles. The molecule has 0 atom stereocenters. The number of hydrogen-bond donors (Lipinski definition) is 3. The number of amides is 2. The number of carboxylic acid groups (broad SMARTS) is 1. The number of nitrogens with zero attached hydrogens (tertiary/aromatic N) is 1. The monoisotopic (exact) mass is 319 g/mol. The molecule has 0 bridgehead atoms. The summed E-state index contributed by atoms with van der Waals surface area (Å²) in [4.78, 5) is 39.4. The van der Waals surface area contributed by atoms with Crippen molar-refractivity contribution in [3.63, 3.8) is 0 Å². The fourth-order valence-corrected chi connectivity index (χ4v) is 2.80. The van der Waals surface area contributed by atoms with Crippen molar-refractivity contribution in [1.29, 1.82) is 0 Å². The van der Waals surface area contributed by atoms with Crippen LogP contribution in [0.1, 0.15) is 59.4 Å². The molecule has 23 heavy (non-hydrogen) atoms. The number of pyridine rings is 1. The number of aromatic nitrogens is 1. The number of aliphatic carboxylic acids is 1. The lowest BCUT2D eigenvalue weighted by atomic mass is 9.90. The molecule has 0 unspecified atom stereocenters. The third-order valence-corrected chi connectivity index (χ3v) is 4.20. The number of hydrogen-bond acceptors (Lipinski definition) is 4. The number of carbonyl (C=O) groups is 3. The van der Waals surface area contributed by atoms with E-state index in [1.807, 2.05) is 0 Å². The first-order chi connectivity index (χ1) is 11.0. The highest BCUT2D eigenvalue weighted by molar-refractivity contribution is 5.98. The summed E-state index contributed by atoms with van der Waals surface area (Å²) in [6.45, 7) is 0. The van der Waals surface area contributed by atoms with Crippen molar-refractivity contribution in [3.05, 3.63) is 29.6 Å². The summed E-state index contributed by atoms with van der Waals surface area (Å²) < 4.78 is 0. The molecule has 0 radical (unpaired) electrons. The molecule has 2 rings (SSSR count). The first-order valence-corrected chi connectivity index (χ1v) is 7.72. The predicted octanol–water partition coefficient (Wildman–Crippen LogP) is 1.35. The van der Waals surface area contributed by atoms with Crippen molar-refractivity contribution < 1.29 is 19.5 Å². The summed E-state index contributed by atoms with van der Waals surface area (Å²) in [6, 6.07) is 2.91. The van der Waals surface area contributed by atoms with E-state index in [0.29, 0.717) is 12.8 Å². The summed E-state index contributed by atoms with van der Waals surface area (Å²) in [6.07, 6.45) is 5.66. The number of carboxylic acids is 1. The fraction of sp³-hybridized carbons (Fsp3) is 0.500. The molecular formula is C16H21N3O4. The summed E-state index contributed by atoms with van der Waals surface area (Å²) in [5.74, 6) is -1.82. The fourth-order valence-electron chi connectivity index (χ4n) is 2.80. The van der Waals surface area contributed by atoms with Gasteiger partial charge in [0.25, 0.3) is 11.8 Å². The molecular weight excluding hydrogens is 298 g/mol. The van der Waals surface area contributed by atoms with Crippen LogP contribution in [0.2, 0.25) is 0 Å². The molecule has 0 saturated heterocycles. The van der Waals surface area contributed by atoms with E-state index in [-0.39, 0.29) is 17.2 Å². The third kappa shape index (κ3) is 3.85. The van der Waals surface area contributed by atoms with Crippen LogP contribution in [-0.4, -0.2) is 40.5 Å². The maximum absolute atomic E-state index is 12.4. The van der Waals surface area contributed by atoms with Gasteiger partial charge in [-0.2, -0.15) is 0 Å². The van der Waals surface area contributed by atoms with Gasteiger partial charge >= 0.3 is 5.97 Å². The molecule has 1 aliphatic carbocycles. The largest absolute Gasteiger partial charge is 0.480 e. The molecule has 1 aromatic rings. The van der Waals surface area contributed by atoms with E-state index >= 15 is 0 Å². The maximum Gasteiger partial charge on any atom is 0.329 e. The Morgan fingerprint density at radius 2 is 1.74 bits per heavy atom. The van der Waals surface area contributed by atoms with E-state index in [2.05, 4.69) is 15.6 Å². The molecule has 7 nitrogen and oxygen atoms in total. The van der Waals surface area contributed by atoms with Gasteiger partial charge in [0.05, 0.1) is 5.56 Å². The average molecular weight is 319 g/mol. The zero-order chi connectivity index (χ0) is 16.9. The van der Waals surface area contributed by atoms with Crippen LogP contribution in [0.15, 0.2) is 18.3 Å². The minimum Gasteiger partial charge on any atom is -0.480 e. The van der Waals surface area contributed by atoms with Crippen LogP contribution in [0.4, 0.5) is 0 Å². The van der Waals surface area contributed by atoms with E-state index in [1.165, 1.54) is 25.4 Å². The highest BCUT2D eigenvalue weighted by atomic mass is 16.4. The Morgan fingerprint density at radius 3 is 2.22 bits per heavy atom. The Kier molecular flexibility index (Phi) is 5.31. The van der Waals surface area contributed by atoms with Crippen molar-refractivity contribution in [2.24, 2.45) is 0 Å². The Balaban J connectivity index is 2.15. The van der Waals surface area contributed by atoms with Gasteiger partial charge in [-0.15, -0.1) is 0 Å². The van der Waals surface area contributed by atoms with Crippen LogP contribution < -0.4 is 10.6 Å². The van der Waals surface area contributed by atoms with Crippen molar-refractivity contribution in [1.82, 2.24) is 15.6 Å². The predicted molar refractivity (Wildman–Crippen MR) is 83.2 cm³/mol. The smallest absolute Gasteiger partial charge is 0.329 e. The topological polar surface area (TPSA) is 108 Å². The maximum atomic E-state index is 12.4. The average Bonchev–Trinajstić information content (AvgIpc) is 2.80. The summed E-state index contributed by atoms with van der Waals surface area (Å²) in [5, 5.41) is 14.7. The van der Waals surface area contributed by atoms with Crippen molar-refractivity contribution in [3.8, 4) is 0 Å². The first kappa shape index (κ1) is 16.9. The van der Waals surface area contributed by atoms with Crippen LogP contribution in [0, 0.1) is 0 Å². The van der Waals surface area contributed by atoms with Gasteiger partial charge in [0, 0.05) is 13.2 Å². The molecule has 0 aliphatic heterocycles. The molecule has 2 amide bonds. The van der Waals surface area contributed by atoms with Crippen LogP contribution in [0.5, 0.6) is 0 Å². The van der Waals surface area contributed by atoms with Crippen LogP contribution >= 0.6 is 0 Å². The first-order valence-electron chi connectivity index (χ1n) is 7.72. The van der Waals surface area contributed by atoms with Gasteiger partial charge in [0.2, 0.25) is 0 Å². The SMILES string of the molecule is CNC(=O)c1ccc(C(=O)NC2(C(=O)O)CCCCCC2)cn1. The molecule has 0 aromatic carbocycles. The van der Waals surface area contributed by atoms with Gasteiger partial charge in [0.15, 0.2) is 0 Å². The van der Waals surface area contributed by atoms with Crippen molar-refractivity contribution in [2.45, 2.75) is 44.1 Å². The Hall–Kier alpha value is -2.44. The zero-order valence-corrected chi connectivity index (χ0v) is 13.1. The minimum absolute atomic E-state index is 0.200. The molecule has 124 valence electrons. The van der Waals surface area contributed by atoms with Gasteiger partial charge in [-0.1, -0.05) is 25.7 Å². The molecule has 1 fully saturated rings. The molecule has 1 saturated carbocycles. The van der Waals surface area contributed by atoms with Gasteiger partial charge in [-0.25, -0.2) is 4.79 Å². The van der Waals surface area contributed by atoms with Gasteiger partial charge in [-0.3, -0.25) is 14.6 Å². The normalized spacial score (nSPS) is 16.9. The summed E-state index contributed by atoms with van der Waals surface area (Å²) in [5.41, 5.74) is -0.776. The van der Waals surface area contributed by atoms with E-state index in [0.717, 1.165) is 25.7 Å². The molecule has 0 spiro atoms. The standard InChI is InChI=1S/C16H21N3O4/c1-17-14(21)12-7-6-11(10-18-12)13(20)19-16(15(22)23)8-4-2-3-5-9-16/h6-7,10H,2-5,8-9H2,1H3,(H,17,21)(H,19,20)(H,22,23). The van der Waals surface area contributed by atoms with Crippen molar-refractivity contribution in [2.75, 3.05) is 7.05 Å².